The first-order chi connectivity index (χ1) is 14.8. The van der Waals surface area contributed by atoms with E-state index in [1.807, 2.05) is 30.3 Å². The Morgan fingerprint density at radius 2 is 2.00 bits per heavy atom. The Hall–Kier alpha value is -3.05. The van der Waals surface area contributed by atoms with Crippen molar-refractivity contribution in [3.05, 3.63) is 84.1 Å². The molecule has 156 valence electrons. The lowest BCUT2D eigenvalue weighted by atomic mass is 10.1. The molecule has 0 saturated heterocycles. The van der Waals surface area contributed by atoms with Crippen molar-refractivity contribution in [1.29, 1.82) is 0 Å². The van der Waals surface area contributed by atoms with E-state index in [0.29, 0.717) is 19.3 Å². The molecule has 0 amide bonds. The summed E-state index contributed by atoms with van der Waals surface area (Å²) in [5, 5.41) is 3.42. The third-order valence-corrected chi connectivity index (χ3v) is 5.35. The molecule has 1 fully saturated rings. The number of aliphatic imine (C=N–C) groups is 1. The molecular formula is C25H30N4O. The quantitative estimate of drug-likeness (QED) is 0.735. The highest BCUT2D eigenvalue weighted by molar-refractivity contribution is 6.08. The lowest BCUT2D eigenvalue weighted by Gasteiger charge is -2.21. The number of hydrogen-bond donors (Lipinski definition) is 2. The highest BCUT2D eigenvalue weighted by atomic mass is 16.5. The van der Waals surface area contributed by atoms with Crippen LogP contribution in [0.5, 0.6) is 5.75 Å². The molecule has 3 N–H and O–H groups in total. The minimum absolute atomic E-state index is 0.475. The van der Waals surface area contributed by atoms with Crippen molar-refractivity contribution in [2.45, 2.75) is 31.8 Å². The summed E-state index contributed by atoms with van der Waals surface area (Å²) in [4.78, 5) is 7.28. The Balaban J connectivity index is 1.58. The van der Waals surface area contributed by atoms with Crippen molar-refractivity contribution in [2.75, 3.05) is 25.1 Å². The maximum Gasteiger partial charge on any atom is 0.119 e. The summed E-state index contributed by atoms with van der Waals surface area (Å²) in [6.07, 6.45) is 11.4. The van der Waals surface area contributed by atoms with E-state index in [9.17, 15) is 0 Å². The lowest BCUT2D eigenvalue weighted by Crippen LogP contribution is -2.25. The Morgan fingerprint density at radius 1 is 1.10 bits per heavy atom. The first-order valence-electron chi connectivity index (χ1n) is 10.7. The molecule has 0 aromatic heterocycles. The Kier molecular flexibility index (Phi) is 6.83. The van der Waals surface area contributed by atoms with Gasteiger partial charge in [0.05, 0.1) is 12.3 Å². The van der Waals surface area contributed by atoms with Crippen LogP contribution in [-0.4, -0.2) is 36.5 Å². The fraction of sp³-hybridized carbons (Fsp3) is 0.320. The van der Waals surface area contributed by atoms with Gasteiger partial charge in [-0.1, -0.05) is 36.4 Å². The zero-order chi connectivity index (χ0) is 20.6. The van der Waals surface area contributed by atoms with Crippen LogP contribution in [0.4, 0.5) is 5.69 Å². The molecule has 1 heterocycles. The molecule has 1 aliphatic heterocycles. The van der Waals surface area contributed by atoms with Crippen molar-refractivity contribution in [2.24, 2.45) is 10.7 Å². The topological polar surface area (TPSA) is 62.9 Å². The van der Waals surface area contributed by atoms with Gasteiger partial charge < -0.3 is 15.8 Å². The fourth-order valence-corrected chi connectivity index (χ4v) is 3.66. The predicted octanol–water partition coefficient (Wildman–Crippen LogP) is 4.32. The van der Waals surface area contributed by atoms with Crippen LogP contribution >= 0.6 is 0 Å². The monoisotopic (exact) mass is 402 g/mol. The highest BCUT2D eigenvalue weighted by Crippen LogP contribution is 2.28. The van der Waals surface area contributed by atoms with Gasteiger partial charge in [0.1, 0.15) is 12.4 Å². The summed E-state index contributed by atoms with van der Waals surface area (Å²) < 4.78 is 5.95. The maximum atomic E-state index is 5.95. The first-order valence-corrected chi connectivity index (χ1v) is 10.7. The Bertz CT molecular complexity index is 930. The van der Waals surface area contributed by atoms with E-state index in [0.717, 1.165) is 42.2 Å². The Morgan fingerprint density at radius 3 is 2.87 bits per heavy atom. The molecule has 4 rings (SSSR count). The summed E-state index contributed by atoms with van der Waals surface area (Å²) in [5.41, 5.74) is 9.88. The van der Waals surface area contributed by atoms with Gasteiger partial charge in [-0.15, -0.1) is 0 Å². The number of nitrogens with zero attached hydrogens (tertiary/aromatic N) is 2. The number of hydrogen-bond acceptors (Lipinski definition) is 5. The zero-order valence-corrected chi connectivity index (χ0v) is 17.3. The second-order valence-electron chi connectivity index (χ2n) is 7.73. The molecule has 0 radical (unpaired) electrons. The molecule has 4 bridgehead atoms. The molecular weight excluding hydrogens is 372 g/mol. The van der Waals surface area contributed by atoms with Gasteiger partial charge >= 0.3 is 0 Å². The molecule has 30 heavy (non-hydrogen) atoms. The van der Waals surface area contributed by atoms with Crippen molar-refractivity contribution >= 4 is 11.4 Å². The van der Waals surface area contributed by atoms with Gasteiger partial charge in [-0.3, -0.25) is 9.89 Å². The van der Waals surface area contributed by atoms with E-state index < -0.39 is 0 Å². The molecule has 0 unspecified atom stereocenters. The standard InChI is InChI=1S/C25H30N4O/c26-13-12-25-21-7-5-9-24(17-21)30-15-3-1-2-14-29(23-10-11-23)18-20-6-4-8-22(16-20)27-19-28-25/h1-2,4-9,12-13,16-17,23,27H,3,10-11,14-15,18-19,26H2/b2-1+,13-12-,28-25+. The number of nitrogens with two attached hydrogens (primary N) is 1. The lowest BCUT2D eigenvalue weighted by molar-refractivity contribution is 0.283. The minimum atomic E-state index is 0.475. The van der Waals surface area contributed by atoms with Gasteiger partial charge in [0, 0.05) is 30.4 Å². The summed E-state index contributed by atoms with van der Waals surface area (Å²) >= 11 is 0. The summed E-state index contributed by atoms with van der Waals surface area (Å²) in [6.45, 7) is 3.09. The van der Waals surface area contributed by atoms with Gasteiger partial charge in [-0.05, 0) is 61.4 Å². The highest BCUT2D eigenvalue weighted by Gasteiger charge is 2.28. The molecule has 5 nitrogen and oxygen atoms in total. The second kappa shape index (κ2) is 10.1. The van der Waals surface area contributed by atoms with E-state index >= 15 is 0 Å². The van der Waals surface area contributed by atoms with Crippen LogP contribution in [0.3, 0.4) is 0 Å². The van der Waals surface area contributed by atoms with Gasteiger partial charge in [-0.25, -0.2) is 0 Å². The first kappa shape index (κ1) is 20.2. The normalized spacial score (nSPS) is 21.5. The van der Waals surface area contributed by atoms with Crippen LogP contribution in [0.1, 0.15) is 30.4 Å². The van der Waals surface area contributed by atoms with Gasteiger partial charge in [0.15, 0.2) is 0 Å². The van der Waals surface area contributed by atoms with Crippen molar-refractivity contribution in [3.8, 4) is 5.75 Å². The van der Waals surface area contributed by atoms with Crippen molar-refractivity contribution in [1.82, 2.24) is 4.90 Å². The molecule has 2 aliphatic rings. The molecule has 1 saturated carbocycles. The van der Waals surface area contributed by atoms with Crippen molar-refractivity contribution in [3.63, 3.8) is 0 Å². The largest absolute Gasteiger partial charge is 0.493 e. The van der Waals surface area contributed by atoms with Crippen LogP contribution < -0.4 is 15.8 Å². The SMILES string of the molecule is N/C=C\C1=N/CNc2cccc(c2)CN(C2CC2)C/C=C/CCOc2cccc1c2. The summed E-state index contributed by atoms with van der Waals surface area (Å²) in [7, 11) is 0. The molecule has 2 aromatic carbocycles. The maximum absolute atomic E-state index is 5.95. The number of ether oxygens (including phenoxy) is 1. The second-order valence-corrected chi connectivity index (χ2v) is 7.73. The molecule has 5 heteroatoms. The number of anilines is 1. The van der Waals surface area contributed by atoms with Crippen LogP contribution in [0.15, 0.2) is 78.0 Å². The average molecular weight is 403 g/mol. The van der Waals surface area contributed by atoms with Crippen LogP contribution in [0.25, 0.3) is 0 Å². The van der Waals surface area contributed by atoms with E-state index in [2.05, 4.69) is 46.6 Å². The van der Waals surface area contributed by atoms with E-state index in [-0.39, 0.29) is 0 Å². The number of rotatable bonds is 2. The third kappa shape index (κ3) is 5.74. The number of nitrogens with one attached hydrogen (secondary N) is 1. The molecule has 0 atom stereocenters. The van der Waals surface area contributed by atoms with Crippen LogP contribution in [-0.2, 0) is 6.54 Å². The van der Waals surface area contributed by atoms with E-state index in [1.165, 1.54) is 24.6 Å². The molecule has 2 aromatic rings. The van der Waals surface area contributed by atoms with Crippen molar-refractivity contribution < 1.29 is 4.74 Å². The van der Waals surface area contributed by atoms with Gasteiger partial charge in [0.2, 0.25) is 0 Å². The number of allylic oxidation sites excluding steroid dienone is 1. The summed E-state index contributed by atoms with van der Waals surface area (Å²) in [6, 6.07) is 17.4. The average Bonchev–Trinajstić information content (AvgIpc) is 3.60. The fourth-order valence-electron chi connectivity index (χ4n) is 3.66. The Labute approximate surface area is 179 Å². The van der Waals surface area contributed by atoms with E-state index in [1.54, 1.807) is 0 Å². The van der Waals surface area contributed by atoms with Crippen LogP contribution in [0.2, 0.25) is 0 Å². The molecule has 0 spiro atoms. The molecule has 1 aliphatic carbocycles. The van der Waals surface area contributed by atoms with Crippen LogP contribution in [0, 0.1) is 0 Å². The summed E-state index contributed by atoms with van der Waals surface area (Å²) in [5.74, 6) is 0.848. The third-order valence-electron chi connectivity index (χ3n) is 5.35. The van der Waals surface area contributed by atoms with E-state index in [4.69, 9.17) is 15.5 Å². The van der Waals surface area contributed by atoms with Gasteiger partial charge in [-0.2, -0.15) is 0 Å². The van der Waals surface area contributed by atoms with Gasteiger partial charge in [0.25, 0.3) is 0 Å². The number of benzene rings is 2. The minimum Gasteiger partial charge on any atom is -0.493 e. The number of fused-ring (bicyclic) bond motifs is 4. The predicted molar refractivity (Wildman–Crippen MR) is 124 cm³/mol. The zero-order valence-electron chi connectivity index (χ0n) is 17.3. The smallest absolute Gasteiger partial charge is 0.119 e.